The number of nitrogens with zero attached hydrogens (tertiary/aromatic N) is 4. The molecule has 0 radical (unpaired) electrons. The van der Waals surface area contributed by atoms with Gasteiger partial charge in [0.05, 0.1) is 0 Å². The number of hydrogen-bond acceptors (Lipinski definition) is 3. The summed E-state index contributed by atoms with van der Waals surface area (Å²) in [7, 11) is 1.96. The van der Waals surface area contributed by atoms with Crippen molar-refractivity contribution in [2.24, 2.45) is 0 Å². The summed E-state index contributed by atoms with van der Waals surface area (Å²) in [6.07, 6.45) is 1.59. The molecule has 104 valence electrons. The molecule has 0 unspecified atom stereocenters. The normalized spacial score (nSPS) is 10.9. The Hall–Kier alpha value is -2.95. The van der Waals surface area contributed by atoms with Gasteiger partial charge < -0.3 is 0 Å². The third kappa shape index (κ3) is 1.99. The van der Waals surface area contributed by atoms with Gasteiger partial charge in [0.25, 0.3) is 0 Å². The first-order valence-electron chi connectivity index (χ1n) is 7.15. The van der Waals surface area contributed by atoms with Crippen molar-refractivity contribution in [2.45, 2.75) is 0 Å². The number of benzene rings is 2. The van der Waals surface area contributed by atoms with Gasteiger partial charge in [0.1, 0.15) is 17.7 Å². The van der Waals surface area contributed by atoms with Crippen LogP contribution in [0, 0.1) is 0 Å². The van der Waals surface area contributed by atoms with Crippen LogP contribution in [0.15, 0.2) is 67.0 Å². The smallest absolute Gasteiger partial charge is 0.167 e. The van der Waals surface area contributed by atoms with Crippen LogP contribution in [0.1, 0.15) is 0 Å². The lowest BCUT2D eigenvalue weighted by Crippen LogP contribution is -2.10. The van der Waals surface area contributed by atoms with Gasteiger partial charge >= 0.3 is 0 Å². The highest BCUT2D eigenvalue weighted by atomic mass is 15.1. The van der Waals surface area contributed by atoms with Crippen molar-refractivity contribution in [2.75, 3.05) is 0 Å². The van der Waals surface area contributed by atoms with Crippen molar-refractivity contribution >= 4 is 24.6 Å². The summed E-state index contributed by atoms with van der Waals surface area (Å²) < 4.78 is 2.08. The molecule has 4 rings (SSSR count). The average Bonchev–Trinajstić information content (AvgIpc) is 2.97. The lowest BCUT2D eigenvalue weighted by Gasteiger charge is -2.08. The third-order valence-corrected chi connectivity index (χ3v) is 3.67. The molecule has 0 aliphatic rings. The fourth-order valence-electron chi connectivity index (χ4n) is 2.61. The number of rotatable bonds is 2. The molecule has 2 aromatic heterocycles. The van der Waals surface area contributed by atoms with Gasteiger partial charge in [-0.1, -0.05) is 48.5 Å². The molecular weight excluding hydrogens is 271 g/mol. The minimum atomic E-state index is 0.831. The van der Waals surface area contributed by atoms with Gasteiger partial charge in [-0.15, -0.1) is 0 Å². The van der Waals surface area contributed by atoms with Crippen molar-refractivity contribution in [3.8, 4) is 17.1 Å². The Labute approximate surface area is 128 Å². The van der Waals surface area contributed by atoms with E-state index in [2.05, 4.69) is 38.8 Å². The van der Waals surface area contributed by atoms with E-state index in [9.17, 15) is 0 Å². The molecule has 0 amide bonds. The molecule has 4 nitrogen and oxygen atoms in total. The van der Waals surface area contributed by atoms with E-state index in [1.54, 1.807) is 6.33 Å². The van der Waals surface area contributed by atoms with Crippen molar-refractivity contribution in [3.63, 3.8) is 0 Å². The number of aromatic nitrogens is 4. The summed E-state index contributed by atoms with van der Waals surface area (Å²) in [4.78, 5) is 13.5. The molecule has 0 saturated heterocycles. The van der Waals surface area contributed by atoms with Gasteiger partial charge in [-0.05, 0) is 12.1 Å². The maximum absolute atomic E-state index is 4.80. The Morgan fingerprint density at radius 1 is 0.818 bits per heavy atom. The van der Waals surface area contributed by atoms with Crippen LogP contribution in [0.3, 0.4) is 0 Å². The lowest BCUT2D eigenvalue weighted by atomic mass is 10.0. The summed E-state index contributed by atoms with van der Waals surface area (Å²) >= 11 is 0. The molecule has 0 aliphatic heterocycles. The van der Waals surface area contributed by atoms with Crippen molar-refractivity contribution < 1.29 is 0 Å². The summed E-state index contributed by atoms with van der Waals surface area (Å²) in [6.45, 7) is 0. The molecule has 0 atom stereocenters. The number of imidazole rings is 1. The second-order valence-corrected chi connectivity index (χ2v) is 5.10. The molecular formula is C17H13BN4. The van der Waals surface area contributed by atoms with Crippen molar-refractivity contribution in [1.29, 1.82) is 0 Å². The van der Waals surface area contributed by atoms with Crippen LogP contribution in [0.5, 0.6) is 0 Å². The van der Waals surface area contributed by atoms with Gasteiger partial charge in [-0.3, -0.25) is 4.57 Å². The number of fused-ring (bicyclic) bond motifs is 1. The topological polar surface area (TPSA) is 43.6 Å². The maximum atomic E-state index is 4.80. The van der Waals surface area contributed by atoms with E-state index >= 15 is 0 Å². The van der Waals surface area contributed by atoms with Crippen LogP contribution in [0.25, 0.3) is 28.2 Å². The Morgan fingerprint density at radius 2 is 1.50 bits per heavy atom. The first-order chi connectivity index (χ1) is 10.8. The van der Waals surface area contributed by atoms with Crippen LogP contribution in [0.2, 0.25) is 0 Å². The molecule has 0 bridgehead atoms. The molecule has 4 aromatic rings. The second kappa shape index (κ2) is 5.11. The van der Waals surface area contributed by atoms with E-state index in [4.69, 9.17) is 4.98 Å². The van der Waals surface area contributed by atoms with E-state index in [0.29, 0.717) is 0 Å². The molecule has 0 fully saturated rings. The Bertz CT molecular complexity index is 933. The SMILES string of the molecule is Bc1ncnc2c1nc(-c1ccccc1)n2-c1ccccc1. The Balaban J connectivity index is 2.10. The molecule has 2 aromatic carbocycles. The second-order valence-electron chi connectivity index (χ2n) is 5.10. The molecule has 0 spiro atoms. The van der Waals surface area contributed by atoms with Gasteiger partial charge in [-0.2, -0.15) is 0 Å². The predicted molar refractivity (Wildman–Crippen MR) is 90.3 cm³/mol. The monoisotopic (exact) mass is 284 g/mol. The zero-order valence-corrected chi connectivity index (χ0v) is 12.1. The molecule has 2 heterocycles. The van der Waals surface area contributed by atoms with Gasteiger partial charge in [0.2, 0.25) is 0 Å². The summed E-state index contributed by atoms with van der Waals surface area (Å²) in [5, 5.41) is 0. The predicted octanol–water partition coefficient (Wildman–Crippen LogP) is 1.74. The first-order valence-corrected chi connectivity index (χ1v) is 7.15. The van der Waals surface area contributed by atoms with E-state index < -0.39 is 0 Å². The molecule has 0 saturated carbocycles. The zero-order chi connectivity index (χ0) is 14.9. The average molecular weight is 284 g/mol. The largest absolute Gasteiger partial charge is 0.277 e. The van der Waals surface area contributed by atoms with E-state index in [1.165, 1.54) is 0 Å². The fourth-order valence-corrected chi connectivity index (χ4v) is 2.61. The van der Waals surface area contributed by atoms with E-state index in [0.717, 1.165) is 33.8 Å². The van der Waals surface area contributed by atoms with Gasteiger partial charge in [-0.25, -0.2) is 15.0 Å². The molecule has 0 aliphatic carbocycles. The highest BCUT2D eigenvalue weighted by molar-refractivity contribution is 6.36. The van der Waals surface area contributed by atoms with Crippen LogP contribution >= 0.6 is 0 Å². The first kappa shape index (κ1) is 12.8. The highest BCUT2D eigenvalue weighted by Crippen LogP contribution is 2.26. The maximum Gasteiger partial charge on any atom is 0.167 e. The quantitative estimate of drug-likeness (QED) is 0.527. The minimum Gasteiger partial charge on any atom is -0.277 e. The van der Waals surface area contributed by atoms with Crippen molar-refractivity contribution in [3.05, 3.63) is 67.0 Å². The molecule has 22 heavy (non-hydrogen) atoms. The van der Waals surface area contributed by atoms with Crippen LogP contribution < -0.4 is 5.59 Å². The summed E-state index contributed by atoms with van der Waals surface area (Å²) in [6, 6.07) is 20.3. The molecule has 0 N–H and O–H groups in total. The summed E-state index contributed by atoms with van der Waals surface area (Å²) in [5.74, 6) is 0.880. The van der Waals surface area contributed by atoms with Crippen LogP contribution in [-0.4, -0.2) is 27.4 Å². The number of para-hydroxylation sites is 1. The summed E-state index contributed by atoms with van der Waals surface area (Å²) in [5.41, 5.74) is 4.66. The van der Waals surface area contributed by atoms with E-state index in [1.807, 2.05) is 44.2 Å². The van der Waals surface area contributed by atoms with Crippen LogP contribution in [0.4, 0.5) is 0 Å². The lowest BCUT2D eigenvalue weighted by molar-refractivity contribution is 1.07. The minimum absolute atomic E-state index is 0.831. The standard InChI is InChI=1S/C17H13BN4/c18-15-14-17(20-11-19-15)22(13-9-5-2-6-10-13)16(21-14)12-7-3-1-4-8-12/h1-11H,18H2. The zero-order valence-electron chi connectivity index (χ0n) is 12.1. The third-order valence-electron chi connectivity index (χ3n) is 3.67. The van der Waals surface area contributed by atoms with Crippen LogP contribution in [-0.2, 0) is 0 Å². The number of hydrogen-bond donors (Lipinski definition) is 0. The van der Waals surface area contributed by atoms with Gasteiger partial charge in [0.15, 0.2) is 13.5 Å². The highest BCUT2D eigenvalue weighted by Gasteiger charge is 2.16. The fraction of sp³-hybridized carbons (Fsp3) is 0. The van der Waals surface area contributed by atoms with E-state index in [-0.39, 0.29) is 0 Å². The Morgan fingerprint density at radius 3 is 2.23 bits per heavy atom. The van der Waals surface area contributed by atoms with Gasteiger partial charge in [0, 0.05) is 16.8 Å². The Kier molecular flexibility index (Phi) is 2.97. The van der Waals surface area contributed by atoms with Crippen molar-refractivity contribution in [1.82, 2.24) is 19.5 Å². The molecule has 5 heteroatoms.